The van der Waals surface area contributed by atoms with Crippen molar-refractivity contribution in [1.82, 2.24) is 14.9 Å². The van der Waals surface area contributed by atoms with Crippen LogP contribution in [-0.2, 0) is 17.4 Å². The van der Waals surface area contributed by atoms with Crippen LogP contribution in [0.1, 0.15) is 11.3 Å². The molecule has 9 heteroatoms. The molecule has 2 aliphatic heterocycles. The van der Waals surface area contributed by atoms with Gasteiger partial charge < -0.3 is 14.5 Å². The van der Waals surface area contributed by atoms with E-state index in [0.29, 0.717) is 39.2 Å². The Morgan fingerprint density at radius 2 is 1.86 bits per heavy atom. The topological polar surface area (TPSA) is 58.6 Å². The first-order chi connectivity index (χ1) is 13.4. The molecule has 2 aromatic rings. The molecule has 0 N–H and O–H groups in total. The van der Waals surface area contributed by atoms with Gasteiger partial charge in [-0.1, -0.05) is 18.2 Å². The van der Waals surface area contributed by atoms with Gasteiger partial charge in [0.25, 0.3) is 0 Å². The van der Waals surface area contributed by atoms with Crippen molar-refractivity contribution in [2.75, 3.05) is 37.7 Å². The van der Waals surface area contributed by atoms with E-state index in [1.165, 1.54) is 0 Å². The Kier molecular flexibility index (Phi) is 4.82. The lowest BCUT2D eigenvalue weighted by atomic mass is 9.95. The Labute approximate surface area is 159 Å². The summed E-state index contributed by atoms with van der Waals surface area (Å²) in [4.78, 5) is 23.6. The lowest BCUT2D eigenvalue weighted by Crippen LogP contribution is -2.52. The third-order valence-electron chi connectivity index (χ3n) is 5.09. The van der Waals surface area contributed by atoms with Gasteiger partial charge in [0.15, 0.2) is 0 Å². The number of carbonyl (C=O) groups is 1. The van der Waals surface area contributed by atoms with Gasteiger partial charge >= 0.3 is 6.18 Å². The zero-order chi connectivity index (χ0) is 19.7. The Morgan fingerprint density at radius 1 is 1.11 bits per heavy atom. The van der Waals surface area contributed by atoms with Gasteiger partial charge in [-0.2, -0.15) is 13.2 Å². The molecule has 6 nitrogen and oxygen atoms in total. The number of piperazine rings is 1. The smallest absolute Gasteiger partial charge is 0.433 e. The summed E-state index contributed by atoms with van der Waals surface area (Å²) in [6, 6.07) is 8.62. The number of halogens is 3. The fourth-order valence-corrected chi connectivity index (χ4v) is 3.58. The van der Waals surface area contributed by atoms with Crippen molar-refractivity contribution in [3.05, 3.63) is 47.9 Å². The number of para-hydroxylation sites is 1. The minimum atomic E-state index is -4.51. The fourth-order valence-electron chi connectivity index (χ4n) is 3.58. The molecule has 0 unspecified atom stereocenters. The van der Waals surface area contributed by atoms with Gasteiger partial charge in [0.05, 0.1) is 5.92 Å². The number of benzene rings is 1. The molecule has 0 spiro atoms. The van der Waals surface area contributed by atoms with E-state index in [2.05, 4.69) is 9.97 Å². The summed E-state index contributed by atoms with van der Waals surface area (Å²) in [7, 11) is 0. The van der Waals surface area contributed by atoms with Gasteiger partial charge in [0.2, 0.25) is 5.91 Å². The highest BCUT2D eigenvalue weighted by Gasteiger charge is 2.34. The number of alkyl halides is 3. The number of fused-ring (bicyclic) bond motifs is 1. The van der Waals surface area contributed by atoms with Crippen LogP contribution in [0.2, 0.25) is 0 Å². The monoisotopic (exact) mass is 392 g/mol. The number of ether oxygens (including phenoxy) is 1. The molecule has 28 heavy (non-hydrogen) atoms. The Morgan fingerprint density at radius 3 is 2.61 bits per heavy atom. The SMILES string of the molecule is O=C([C@H]1COc2ccccc2C1)N1CCN(c2cc(C(F)(F)F)ncn2)CC1. The number of anilines is 1. The number of nitrogens with zero attached hydrogens (tertiary/aromatic N) is 4. The molecule has 1 saturated heterocycles. The minimum Gasteiger partial charge on any atom is -0.492 e. The van der Waals surface area contributed by atoms with Crippen LogP contribution in [0.15, 0.2) is 36.7 Å². The molecule has 1 atom stereocenters. The molecular formula is C19H19F3N4O2. The summed E-state index contributed by atoms with van der Waals surface area (Å²) in [6.07, 6.45) is -2.95. The second-order valence-electron chi connectivity index (χ2n) is 6.89. The minimum absolute atomic E-state index is 0.0211. The third kappa shape index (κ3) is 3.74. The summed E-state index contributed by atoms with van der Waals surface area (Å²) >= 11 is 0. The summed E-state index contributed by atoms with van der Waals surface area (Å²) in [5, 5.41) is 0. The fraction of sp³-hybridized carbons (Fsp3) is 0.421. The standard InChI is InChI=1S/C19H19F3N4O2/c20-19(21,22)16-10-17(24-12-23-16)25-5-7-26(8-6-25)18(27)14-9-13-3-1-2-4-15(13)28-11-14/h1-4,10,12,14H,5-9,11H2/t14-/m1/s1. The molecule has 3 heterocycles. The number of aromatic nitrogens is 2. The highest BCUT2D eigenvalue weighted by molar-refractivity contribution is 5.80. The average molecular weight is 392 g/mol. The molecule has 1 aromatic heterocycles. The van der Waals surface area contributed by atoms with Crippen molar-refractivity contribution in [3.8, 4) is 5.75 Å². The van der Waals surface area contributed by atoms with Crippen molar-refractivity contribution in [2.24, 2.45) is 5.92 Å². The van der Waals surface area contributed by atoms with Crippen LogP contribution in [0.25, 0.3) is 0 Å². The zero-order valence-electron chi connectivity index (χ0n) is 15.0. The molecular weight excluding hydrogens is 373 g/mol. The second-order valence-corrected chi connectivity index (χ2v) is 6.89. The van der Waals surface area contributed by atoms with Crippen LogP contribution in [-0.4, -0.2) is 53.6 Å². The maximum atomic E-state index is 12.8. The molecule has 0 bridgehead atoms. The maximum absolute atomic E-state index is 12.8. The molecule has 1 aromatic carbocycles. The Balaban J connectivity index is 1.38. The van der Waals surface area contributed by atoms with E-state index < -0.39 is 11.9 Å². The first-order valence-corrected chi connectivity index (χ1v) is 9.05. The van der Waals surface area contributed by atoms with Crippen LogP contribution in [0.4, 0.5) is 19.0 Å². The zero-order valence-corrected chi connectivity index (χ0v) is 15.0. The maximum Gasteiger partial charge on any atom is 0.433 e. The van der Waals surface area contributed by atoms with Crippen molar-refractivity contribution in [2.45, 2.75) is 12.6 Å². The van der Waals surface area contributed by atoms with Crippen molar-refractivity contribution < 1.29 is 22.7 Å². The van der Waals surface area contributed by atoms with E-state index >= 15 is 0 Å². The highest BCUT2D eigenvalue weighted by atomic mass is 19.4. The van der Waals surface area contributed by atoms with Crippen LogP contribution >= 0.6 is 0 Å². The quantitative estimate of drug-likeness (QED) is 0.786. The van der Waals surface area contributed by atoms with Gasteiger partial charge in [0, 0.05) is 32.2 Å². The molecule has 0 saturated carbocycles. The second kappa shape index (κ2) is 7.29. The number of rotatable bonds is 2. The van der Waals surface area contributed by atoms with E-state index in [1.54, 1.807) is 9.80 Å². The Hall–Kier alpha value is -2.84. The number of hydrogen-bond donors (Lipinski definition) is 0. The molecule has 148 valence electrons. The van der Waals surface area contributed by atoms with Gasteiger partial charge in [-0.3, -0.25) is 4.79 Å². The first-order valence-electron chi connectivity index (χ1n) is 9.05. The van der Waals surface area contributed by atoms with Crippen LogP contribution in [0.3, 0.4) is 0 Å². The largest absolute Gasteiger partial charge is 0.492 e. The number of amides is 1. The van der Waals surface area contributed by atoms with Crippen LogP contribution in [0.5, 0.6) is 5.75 Å². The van der Waals surface area contributed by atoms with Crippen molar-refractivity contribution >= 4 is 11.7 Å². The van der Waals surface area contributed by atoms with E-state index in [1.807, 2.05) is 24.3 Å². The third-order valence-corrected chi connectivity index (χ3v) is 5.09. The molecule has 1 amide bonds. The summed E-state index contributed by atoms with van der Waals surface area (Å²) in [5.41, 5.74) is 0.0560. The average Bonchev–Trinajstić information content (AvgIpc) is 2.72. The predicted octanol–water partition coefficient (Wildman–Crippen LogP) is 2.40. The molecule has 1 fully saturated rings. The van der Waals surface area contributed by atoms with Crippen LogP contribution in [0, 0.1) is 5.92 Å². The summed E-state index contributed by atoms with van der Waals surface area (Å²) < 4.78 is 44.2. The lowest BCUT2D eigenvalue weighted by molar-refractivity contribution is -0.141. The van der Waals surface area contributed by atoms with Crippen LogP contribution < -0.4 is 9.64 Å². The van der Waals surface area contributed by atoms with Gasteiger partial charge in [0.1, 0.15) is 30.2 Å². The highest BCUT2D eigenvalue weighted by Crippen LogP contribution is 2.30. The molecule has 0 aliphatic carbocycles. The molecule has 2 aliphatic rings. The number of hydrogen-bond acceptors (Lipinski definition) is 5. The molecule has 0 radical (unpaired) electrons. The number of carbonyl (C=O) groups excluding carboxylic acids is 1. The van der Waals surface area contributed by atoms with Gasteiger partial charge in [-0.25, -0.2) is 9.97 Å². The summed E-state index contributed by atoms with van der Waals surface area (Å²) in [5.74, 6) is 0.829. The van der Waals surface area contributed by atoms with E-state index in [0.717, 1.165) is 23.7 Å². The van der Waals surface area contributed by atoms with Crippen molar-refractivity contribution in [1.29, 1.82) is 0 Å². The first kappa shape index (κ1) is 18.5. The Bertz CT molecular complexity index is 866. The summed E-state index contributed by atoms with van der Waals surface area (Å²) in [6.45, 7) is 2.05. The lowest BCUT2D eigenvalue weighted by Gasteiger charge is -2.37. The van der Waals surface area contributed by atoms with E-state index in [9.17, 15) is 18.0 Å². The molecule has 4 rings (SSSR count). The predicted molar refractivity (Wildman–Crippen MR) is 95.0 cm³/mol. The van der Waals surface area contributed by atoms with E-state index in [4.69, 9.17) is 4.74 Å². The van der Waals surface area contributed by atoms with Gasteiger partial charge in [-0.15, -0.1) is 0 Å². The van der Waals surface area contributed by atoms with Crippen molar-refractivity contribution in [3.63, 3.8) is 0 Å². The normalized spacial score (nSPS) is 19.8. The van der Waals surface area contributed by atoms with Gasteiger partial charge in [-0.05, 0) is 18.1 Å². The van der Waals surface area contributed by atoms with E-state index in [-0.39, 0.29) is 17.6 Å².